The van der Waals surface area contributed by atoms with Gasteiger partial charge in [-0.05, 0) is 26.8 Å². The van der Waals surface area contributed by atoms with E-state index in [9.17, 15) is 4.79 Å². The van der Waals surface area contributed by atoms with E-state index in [1.165, 1.54) is 12.7 Å². The van der Waals surface area contributed by atoms with Crippen molar-refractivity contribution in [2.45, 2.75) is 47.2 Å². The fraction of sp³-hybridized carbons (Fsp3) is 0.588. The van der Waals surface area contributed by atoms with Gasteiger partial charge in [0.1, 0.15) is 12.4 Å². The summed E-state index contributed by atoms with van der Waals surface area (Å²) in [4.78, 5) is 11.7. The molecule has 0 atom stereocenters. The van der Waals surface area contributed by atoms with E-state index in [0.29, 0.717) is 6.04 Å². The standard InChI is InChI=1S/C17H27NO3/c1-12(2)18-10-14-9-13(3)7-8-15(14)21-11-17(4,5)16(19)20-6/h7-9,12,18H,10-11H2,1-6H3. The smallest absolute Gasteiger partial charge is 0.314 e. The first-order valence-corrected chi connectivity index (χ1v) is 7.30. The van der Waals surface area contributed by atoms with Crippen LogP contribution < -0.4 is 10.1 Å². The summed E-state index contributed by atoms with van der Waals surface area (Å²) in [7, 11) is 1.40. The highest BCUT2D eigenvalue weighted by atomic mass is 16.5. The Balaban J connectivity index is 2.80. The molecule has 118 valence electrons. The normalized spacial score (nSPS) is 11.6. The Labute approximate surface area is 127 Å². The lowest BCUT2D eigenvalue weighted by atomic mass is 9.95. The molecule has 0 aliphatic rings. The Hall–Kier alpha value is -1.55. The molecule has 0 unspecified atom stereocenters. The number of nitrogens with one attached hydrogen (secondary N) is 1. The zero-order valence-electron chi connectivity index (χ0n) is 13.9. The molecule has 0 amide bonds. The molecule has 21 heavy (non-hydrogen) atoms. The van der Waals surface area contributed by atoms with Crippen LogP contribution in [-0.2, 0) is 16.1 Å². The minimum absolute atomic E-state index is 0.267. The van der Waals surface area contributed by atoms with Gasteiger partial charge in [-0.15, -0.1) is 0 Å². The number of carbonyl (C=O) groups excluding carboxylic acids is 1. The van der Waals surface area contributed by atoms with Crippen LogP contribution in [0.1, 0.15) is 38.8 Å². The Kier molecular flexibility index (Phi) is 6.21. The first kappa shape index (κ1) is 17.5. The zero-order chi connectivity index (χ0) is 16.0. The Morgan fingerprint density at radius 3 is 2.57 bits per heavy atom. The zero-order valence-corrected chi connectivity index (χ0v) is 13.9. The largest absolute Gasteiger partial charge is 0.492 e. The second kappa shape index (κ2) is 7.46. The van der Waals surface area contributed by atoms with Gasteiger partial charge in [0, 0.05) is 18.2 Å². The van der Waals surface area contributed by atoms with Gasteiger partial charge in [-0.2, -0.15) is 0 Å². The van der Waals surface area contributed by atoms with Gasteiger partial charge in [0.25, 0.3) is 0 Å². The number of esters is 1. The van der Waals surface area contributed by atoms with Crippen LogP contribution in [0.4, 0.5) is 0 Å². The van der Waals surface area contributed by atoms with Gasteiger partial charge < -0.3 is 14.8 Å². The van der Waals surface area contributed by atoms with Crippen molar-refractivity contribution in [3.63, 3.8) is 0 Å². The second-order valence-electron chi connectivity index (χ2n) is 6.31. The summed E-state index contributed by atoms with van der Waals surface area (Å²) in [5.74, 6) is 0.544. The van der Waals surface area contributed by atoms with Crippen molar-refractivity contribution in [1.82, 2.24) is 5.32 Å². The quantitative estimate of drug-likeness (QED) is 0.785. The van der Waals surface area contributed by atoms with Crippen LogP contribution in [0, 0.1) is 12.3 Å². The van der Waals surface area contributed by atoms with Crippen LogP contribution in [-0.4, -0.2) is 25.7 Å². The third-order valence-corrected chi connectivity index (χ3v) is 3.24. The van der Waals surface area contributed by atoms with E-state index in [4.69, 9.17) is 9.47 Å². The van der Waals surface area contributed by atoms with Crippen molar-refractivity contribution in [3.8, 4) is 5.75 Å². The predicted octanol–water partition coefficient (Wildman–Crippen LogP) is 3.07. The summed E-state index contributed by atoms with van der Waals surface area (Å²) < 4.78 is 10.7. The molecule has 0 aromatic heterocycles. The Morgan fingerprint density at radius 2 is 2.00 bits per heavy atom. The highest BCUT2D eigenvalue weighted by Gasteiger charge is 2.30. The van der Waals surface area contributed by atoms with E-state index in [1.54, 1.807) is 0 Å². The van der Waals surface area contributed by atoms with Gasteiger partial charge in [-0.3, -0.25) is 4.79 Å². The summed E-state index contributed by atoms with van der Waals surface area (Å²) in [5, 5.41) is 3.39. The summed E-state index contributed by atoms with van der Waals surface area (Å²) >= 11 is 0. The summed E-state index contributed by atoms with van der Waals surface area (Å²) in [6.45, 7) is 10.9. The van der Waals surface area contributed by atoms with Crippen LogP contribution >= 0.6 is 0 Å². The van der Waals surface area contributed by atoms with Crippen molar-refractivity contribution in [3.05, 3.63) is 29.3 Å². The van der Waals surface area contributed by atoms with E-state index in [2.05, 4.69) is 32.2 Å². The number of methoxy groups -OCH3 is 1. The van der Waals surface area contributed by atoms with Crippen molar-refractivity contribution < 1.29 is 14.3 Å². The SMILES string of the molecule is COC(=O)C(C)(C)COc1ccc(C)cc1CNC(C)C. The first-order chi connectivity index (χ1) is 9.76. The third kappa shape index (κ3) is 5.38. The summed E-state index contributed by atoms with van der Waals surface area (Å²) in [6.07, 6.45) is 0. The molecule has 0 spiro atoms. The van der Waals surface area contributed by atoms with Crippen molar-refractivity contribution in [1.29, 1.82) is 0 Å². The fourth-order valence-corrected chi connectivity index (χ4v) is 1.89. The maximum absolute atomic E-state index is 11.7. The third-order valence-electron chi connectivity index (χ3n) is 3.24. The lowest BCUT2D eigenvalue weighted by Crippen LogP contribution is -2.32. The monoisotopic (exact) mass is 293 g/mol. The van der Waals surface area contributed by atoms with Gasteiger partial charge >= 0.3 is 5.97 Å². The number of rotatable bonds is 7. The Morgan fingerprint density at radius 1 is 1.33 bits per heavy atom. The minimum Gasteiger partial charge on any atom is -0.492 e. The number of benzene rings is 1. The van der Waals surface area contributed by atoms with Gasteiger partial charge in [0.05, 0.1) is 12.5 Å². The maximum Gasteiger partial charge on any atom is 0.314 e. The van der Waals surface area contributed by atoms with Crippen LogP contribution in [0.3, 0.4) is 0 Å². The van der Waals surface area contributed by atoms with Gasteiger partial charge in [-0.25, -0.2) is 0 Å². The van der Waals surface area contributed by atoms with Crippen molar-refractivity contribution in [2.75, 3.05) is 13.7 Å². The molecule has 4 nitrogen and oxygen atoms in total. The minimum atomic E-state index is -0.664. The molecule has 1 aromatic carbocycles. The molecule has 0 saturated carbocycles. The van der Waals surface area contributed by atoms with E-state index in [0.717, 1.165) is 17.9 Å². The molecule has 4 heteroatoms. The molecule has 0 bridgehead atoms. The average Bonchev–Trinajstić information content (AvgIpc) is 2.42. The van der Waals surface area contributed by atoms with Gasteiger partial charge in [0.2, 0.25) is 0 Å². The lowest BCUT2D eigenvalue weighted by Gasteiger charge is -2.23. The van der Waals surface area contributed by atoms with E-state index in [-0.39, 0.29) is 12.6 Å². The molecule has 0 aliphatic carbocycles. The molecule has 0 fully saturated rings. The molecule has 0 heterocycles. The van der Waals surface area contributed by atoms with E-state index in [1.807, 2.05) is 26.0 Å². The maximum atomic E-state index is 11.7. The van der Waals surface area contributed by atoms with Crippen LogP contribution in [0.2, 0.25) is 0 Å². The highest BCUT2D eigenvalue weighted by Crippen LogP contribution is 2.24. The Bertz CT molecular complexity index is 481. The molecule has 1 aromatic rings. The lowest BCUT2D eigenvalue weighted by molar-refractivity contribution is -0.152. The molecular weight excluding hydrogens is 266 g/mol. The average molecular weight is 293 g/mol. The predicted molar refractivity (Wildman–Crippen MR) is 84.4 cm³/mol. The molecule has 1 rings (SSSR count). The molecular formula is C17H27NO3. The van der Waals surface area contributed by atoms with Crippen molar-refractivity contribution in [2.24, 2.45) is 5.41 Å². The van der Waals surface area contributed by atoms with E-state index >= 15 is 0 Å². The summed E-state index contributed by atoms with van der Waals surface area (Å²) in [5.41, 5.74) is 1.63. The van der Waals surface area contributed by atoms with Gasteiger partial charge in [-0.1, -0.05) is 31.5 Å². The fourth-order valence-electron chi connectivity index (χ4n) is 1.89. The second-order valence-corrected chi connectivity index (χ2v) is 6.31. The summed E-state index contributed by atoms with van der Waals surface area (Å²) in [6, 6.07) is 6.49. The number of aryl methyl sites for hydroxylation is 1. The topological polar surface area (TPSA) is 47.6 Å². The van der Waals surface area contributed by atoms with Crippen molar-refractivity contribution >= 4 is 5.97 Å². The first-order valence-electron chi connectivity index (χ1n) is 7.30. The van der Waals surface area contributed by atoms with E-state index < -0.39 is 5.41 Å². The molecule has 0 saturated heterocycles. The molecule has 0 radical (unpaired) electrons. The number of hydrogen-bond donors (Lipinski definition) is 1. The van der Waals surface area contributed by atoms with Gasteiger partial charge in [0.15, 0.2) is 0 Å². The number of carbonyl (C=O) groups is 1. The van der Waals surface area contributed by atoms with Crippen LogP contribution in [0.25, 0.3) is 0 Å². The number of hydrogen-bond acceptors (Lipinski definition) is 4. The number of ether oxygens (including phenoxy) is 2. The molecule has 0 aliphatic heterocycles. The molecule has 1 N–H and O–H groups in total. The van der Waals surface area contributed by atoms with Crippen LogP contribution in [0.15, 0.2) is 18.2 Å². The van der Waals surface area contributed by atoms with Crippen LogP contribution in [0.5, 0.6) is 5.75 Å². The highest BCUT2D eigenvalue weighted by molar-refractivity contribution is 5.75.